The molecule has 0 aliphatic carbocycles. The van der Waals surface area contributed by atoms with Crippen molar-refractivity contribution in [2.24, 2.45) is 0 Å². The van der Waals surface area contributed by atoms with Crippen molar-refractivity contribution in [2.75, 3.05) is 46.2 Å². The summed E-state index contributed by atoms with van der Waals surface area (Å²) in [5.74, 6) is -3.68. The summed E-state index contributed by atoms with van der Waals surface area (Å²) in [6.07, 6.45) is 0.990. The van der Waals surface area contributed by atoms with E-state index in [-0.39, 0.29) is 94.2 Å². The SMILES string of the molecule is O=C1CCC(N2C(=O)c3ccc(OCCOCCO)cc3C2=O)C(=O)N1.O=CCOCCOc1ccc2c(c1)C(=O)N(C1CCC(=O)NC1=O)C2=O. The molecule has 8 amide bonds. The Bertz CT molecular complexity index is 1810. The van der Waals surface area contributed by atoms with Gasteiger partial charge in [-0.1, -0.05) is 0 Å². The first kappa shape index (κ1) is 37.4. The van der Waals surface area contributed by atoms with Crippen molar-refractivity contribution < 1.29 is 67.2 Å². The standard InChI is InChI=1S/C17H18N2O7.C17H16N2O7/c2*20-5-6-25-7-8-26-10-1-2-11-12(9-10)17(24)19(16(11)23)13-3-4-14(21)18-15(13)22/h1-2,9,13,20H,3-8H2,(H,18,21,22);1-2,5,9,13H,3-4,6-8H2,(H,18,21,22). The van der Waals surface area contributed by atoms with Crippen molar-refractivity contribution in [3.8, 4) is 11.5 Å². The van der Waals surface area contributed by atoms with Gasteiger partial charge < -0.3 is 28.8 Å². The maximum Gasteiger partial charge on any atom is 0.262 e. The lowest BCUT2D eigenvalue weighted by Crippen LogP contribution is -2.54. The largest absolute Gasteiger partial charge is 0.491 e. The molecule has 4 aliphatic heterocycles. The first-order chi connectivity index (χ1) is 25.0. The van der Waals surface area contributed by atoms with Gasteiger partial charge in [0.05, 0.1) is 48.7 Å². The van der Waals surface area contributed by atoms with E-state index in [1.807, 2.05) is 0 Å². The maximum absolute atomic E-state index is 12.6. The van der Waals surface area contributed by atoms with E-state index >= 15 is 0 Å². The van der Waals surface area contributed by atoms with Crippen molar-refractivity contribution in [1.29, 1.82) is 0 Å². The zero-order chi connectivity index (χ0) is 37.4. The number of rotatable bonds is 14. The second kappa shape index (κ2) is 16.9. The van der Waals surface area contributed by atoms with Crippen molar-refractivity contribution >= 4 is 53.5 Å². The van der Waals surface area contributed by atoms with Crippen molar-refractivity contribution in [3.05, 3.63) is 58.7 Å². The molecule has 0 spiro atoms. The van der Waals surface area contributed by atoms with E-state index in [0.717, 1.165) is 9.80 Å². The molecule has 0 bridgehead atoms. The Hall–Kier alpha value is -5.85. The molecular weight excluding hydrogens is 688 g/mol. The number of carbonyl (C=O) groups is 9. The molecule has 2 unspecified atom stereocenters. The Labute approximate surface area is 295 Å². The molecule has 0 saturated carbocycles. The fourth-order valence-electron chi connectivity index (χ4n) is 5.81. The summed E-state index contributed by atoms with van der Waals surface area (Å²) in [4.78, 5) is 109. The minimum atomic E-state index is -0.999. The van der Waals surface area contributed by atoms with Crippen molar-refractivity contribution in [2.45, 2.75) is 37.8 Å². The minimum absolute atomic E-state index is 0.0263. The highest BCUT2D eigenvalue weighted by Crippen LogP contribution is 2.31. The van der Waals surface area contributed by atoms with Gasteiger partial charge in [-0.05, 0) is 49.2 Å². The molecule has 2 aromatic carbocycles. The van der Waals surface area contributed by atoms with Crippen molar-refractivity contribution in [1.82, 2.24) is 20.4 Å². The Morgan fingerprint density at radius 3 is 1.48 bits per heavy atom. The van der Waals surface area contributed by atoms with Crippen LogP contribution in [0.5, 0.6) is 11.5 Å². The number of aldehydes is 1. The fraction of sp³-hybridized carbons (Fsp3) is 0.382. The first-order valence-electron chi connectivity index (χ1n) is 16.2. The molecule has 0 aromatic heterocycles. The number of amides is 8. The number of aliphatic hydroxyl groups excluding tert-OH is 1. The normalized spacial score (nSPS) is 19.5. The molecule has 4 heterocycles. The van der Waals surface area contributed by atoms with Crippen LogP contribution in [0.4, 0.5) is 0 Å². The number of ether oxygens (including phenoxy) is 4. The lowest BCUT2D eigenvalue weighted by molar-refractivity contribution is -0.137. The molecule has 3 N–H and O–H groups in total. The van der Waals surface area contributed by atoms with Gasteiger partial charge in [0.2, 0.25) is 23.6 Å². The number of carbonyl (C=O) groups excluding carboxylic acids is 9. The molecule has 2 atom stereocenters. The zero-order valence-electron chi connectivity index (χ0n) is 27.6. The summed E-state index contributed by atoms with van der Waals surface area (Å²) < 4.78 is 20.9. The number of nitrogens with zero attached hydrogens (tertiary/aromatic N) is 2. The number of aliphatic hydroxyl groups is 1. The molecule has 18 heteroatoms. The topological polar surface area (TPSA) is 241 Å². The number of benzene rings is 2. The van der Waals surface area contributed by atoms with Gasteiger partial charge in [-0.15, -0.1) is 0 Å². The predicted molar refractivity (Wildman–Crippen MR) is 172 cm³/mol. The number of hydrogen-bond acceptors (Lipinski definition) is 14. The third-order valence-electron chi connectivity index (χ3n) is 8.24. The second-order valence-electron chi connectivity index (χ2n) is 11.6. The molecule has 2 aromatic rings. The Morgan fingerprint density at radius 2 is 1.06 bits per heavy atom. The fourth-order valence-corrected chi connectivity index (χ4v) is 5.81. The lowest BCUT2D eigenvalue weighted by Gasteiger charge is -2.27. The molecule has 18 nitrogen and oxygen atoms in total. The number of hydrogen-bond donors (Lipinski definition) is 3. The summed E-state index contributed by atoms with van der Waals surface area (Å²) in [7, 11) is 0. The van der Waals surface area contributed by atoms with Crippen LogP contribution in [-0.4, -0.2) is 127 Å². The molecule has 2 fully saturated rings. The van der Waals surface area contributed by atoms with E-state index in [4.69, 9.17) is 24.1 Å². The average molecular weight is 723 g/mol. The Kier molecular flexibility index (Phi) is 12.2. The van der Waals surface area contributed by atoms with Gasteiger partial charge in [0, 0.05) is 12.8 Å². The van der Waals surface area contributed by atoms with Gasteiger partial charge in [0.15, 0.2) is 0 Å². The van der Waals surface area contributed by atoms with Crippen LogP contribution in [0, 0.1) is 0 Å². The molecule has 0 radical (unpaired) electrons. The van der Waals surface area contributed by atoms with Crippen LogP contribution in [0.1, 0.15) is 67.1 Å². The van der Waals surface area contributed by atoms with Gasteiger partial charge in [0.25, 0.3) is 23.6 Å². The van der Waals surface area contributed by atoms with Crippen molar-refractivity contribution in [3.63, 3.8) is 0 Å². The van der Waals surface area contributed by atoms with Gasteiger partial charge in [-0.3, -0.25) is 58.8 Å². The van der Waals surface area contributed by atoms with E-state index in [1.165, 1.54) is 30.3 Å². The van der Waals surface area contributed by atoms with Crippen LogP contribution in [0.25, 0.3) is 0 Å². The van der Waals surface area contributed by atoms with Crippen LogP contribution < -0.4 is 20.1 Å². The summed E-state index contributed by atoms with van der Waals surface area (Å²) in [5, 5.41) is 12.9. The molecule has 52 heavy (non-hydrogen) atoms. The third kappa shape index (κ3) is 8.20. The van der Waals surface area contributed by atoms with Crippen LogP contribution in [-0.2, 0) is 33.4 Å². The lowest BCUT2D eigenvalue weighted by atomic mass is 10.0. The van der Waals surface area contributed by atoms with Crippen LogP contribution in [0.2, 0.25) is 0 Å². The zero-order valence-corrected chi connectivity index (χ0v) is 27.6. The summed E-state index contributed by atoms with van der Waals surface area (Å²) in [6.45, 7) is 0.968. The summed E-state index contributed by atoms with van der Waals surface area (Å²) in [5.41, 5.74) is 0.687. The Morgan fingerprint density at radius 1 is 0.615 bits per heavy atom. The molecule has 2 saturated heterocycles. The third-order valence-corrected chi connectivity index (χ3v) is 8.24. The highest BCUT2D eigenvalue weighted by atomic mass is 16.5. The van der Waals surface area contributed by atoms with Gasteiger partial charge in [-0.25, -0.2) is 0 Å². The monoisotopic (exact) mass is 722 g/mol. The van der Waals surface area contributed by atoms with Gasteiger partial charge >= 0.3 is 0 Å². The van der Waals surface area contributed by atoms with Crippen LogP contribution >= 0.6 is 0 Å². The Balaban J connectivity index is 0.000000201. The van der Waals surface area contributed by atoms with E-state index in [9.17, 15) is 43.2 Å². The first-order valence-corrected chi connectivity index (χ1v) is 16.2. The predicted octanol–water partition coefficient (Wildman–Crippen LogP) is -0.842. The molecular formula is C34H34N4O14. The number of piperidine rings is 2. The summed E-state index contributed by atoms with van der Waals surface area (Å²) in [6, 6.07) is 6.93. The molecule has 274 valence electrons. The summed E-state index contributed by atoms with van der Waals surface area (Å²) >= 11 is 0. The number of fused-ring (bicyclic) bond motifs is 2. The van der Waals surface area contributed by atoms with Crippen LogP contribution in [0.15, 0.2) is 36.4 Å². The molecule has 4 aliphatic rings. The highest BCUT2D eigenvalue weighted by molar-refractivity contribution is 6.24. The quantitative estimate of drug-likeness (QED) is 0.122. The number of imide groups is 4. The highest BCUT2D eigenvalue weighted by Gasteiger charge is 2.46. The van der Waals surface area contributed by atoms with Gasteiger partial charge in [-0.2, -0.15) is 0 Å². The smallest absolute Gasteiger partial charge is 0.262 e. The average Bonchev–Trinajstić information content (AvgIpc) is 3.51. The maximum atomic E-state index is 12.6. The van der Waals surface area contributed by atoms with Crippen LogP contribution in [0.3, 0.4) is 0 Å². The second-order valence-corrected chi connectivity index (χ2v) is 11.6. The van der Waals surface area contributed by atoms with E-state index in [0.29, 0.717) is 17.8 Å². The van der Waals surface area contributed by atoms with Gasteiger partial charge in [0.1, 0.15) is 49.7 Å². The van der Waals surface area contributed by atoms with E-state index in [1.54, 1.807) is 6.07 Å². The van der Waals surface area contributed by atoms with E-state index in [2.05, 4.69) is 10.6 Å². The minimum Gasteiger partial charge on any atom is -0.491 e. The molecule has 6 rings (SSSR count). The van der Waals surface area contributed by atoms with E-state index < -0.39 is 59.3 Å². The number of nitrogens with one attached hydrogen (secondary N) is 2.